The van der Waals surface area contributed by atoms with Crippen LogP contribution in [0.1, 0.15) is 20.3 Å². The Morgan fingerprint density at radius 3 is 3.07 bits per heavy atom. The first-order valence-corrected chi connectivity index (χ1v) is 5.70. The third-order valence-electron chi connectivity index (χ3n) is 2.11. The summed E-state index contributed by atoms with van der Waals surface area (Å²) < 4.78 is 0.619. The summed E-state index contributed by atoms with van der Waals surface area (Å²) in [6.07, 6.45) is 2.54. The molecule has 14 heavy (non-hydrogen) atoms. The molecule has 5 heteroatoms. The zero-order valence-corrected chi connectivity index (χ0v) is 10.5. The lowest BCUT2D eigenvalue weighted by Gasteiger charge is -2.10. The van der Waals surface area contributed by atoms with E-state index in [1.807, 2.05) is 22.6 Å². The molecule has 1 aromatic heterocycles. The molecule has 0 saturated carbocycles. The SMILES string of the molecule is CCC(C)CNc1nc[nH]c(=O)c1I. The maximum atomic E-state index is 11.2. The second-order valence-electron chi connectivity index (χ2n) is 3.29. The van der Waals surface area contributed by atoms with Crippen molar-refractivity contribution in [2.24, 2.45) is 5.92 Å². The molecule has 0 saturated heterocycles. The molecular weight excluding hydrogens is 293 g/mol. The van der Waals surface area contributed by atoms with Gasteiger partial charge in [0, 0.05) is 6.54 Å². The van der Waals surface area contributed by atoms with Gasteiger partial charge in [0.15, 0.2) is 0 Å². The number of rotatable bonds is 4. The first-order valence-electron chi connectivity index (χ1n) is 4.62. The van der Waals surface area contributed by atoms with Gasteiger partial charge in [-0.2, -0.15) is 0 Å². The smallest absolute Gasteiger partial charge is 0.266 e. The Kier molecular flexibility index (Phi) is 4.37. The van der Waals surface area contributed by atoms with Gasteiger partial charge in [-0.3, -0.25) is 4.79 Å². The summed E-state index contributed by atoms with van der Waals surface area (Å²) >= 11 is 2.00. The van der Waals surface area contributed by atoms with Crippen molar-refractivity contribution in [2.75, 3.05) is 11.9 Å². The topological polar surface area (TPSA) is 57.8 Å². The van der Waals surface area contributed by atoms with Gasteiger partial charge in [-0.05, 0) is 28.5 Å². The average Bonchev–Trinajstić information content (AvgIpc) is 2.20. The fraction of sp³-hybridized carbons (Fsp3) is 0.556. The number of aromatic amines is 1. The Morgan fingerprint density at radius 1 is 1.71 bits per heavy atom. The molecule has 1 unspecified atom stereocenters. The zero-order chi connectivity index (χ0) is 10.6. The van der Waals surface area contributed by atoms with E-state index in [0.717, 1.165) is 13.0 Å². The van der Waals surface area contributed by atoms with Crippen LogP contribution in [0.25, 0.3) is 0 Å². The summed E-state index contributed by atoms with van der Waals surface area (Å²) in [6, 6.07) is 0. The van der Waals surface area contributed by atoms with Gasteiger partial charge in [0.25, 0.3) is 5.56 Å². The van der Waals surface area contributed by atoms with E-state index in [4.69, 9.17) is 0 Å². The first-order chi connectivity index (χ1) is 6.65. The molecule has 78 valence electrons. The molecule has 0 aromatic carbocycles. The third kappa shape index (κ3) is 2.97. The van der Waals surface area contributed by atoms with E-state index in [2.05, 4.69) is 29.1 Å². The molecule has 4 nitrogen and oxygen atoms in total. The lowest BCUT2D eigenvalue weighted by molar-refractivity contribution is 0.592. The summed E-state index contributed by atoms with van der Waals surface area (Å²) in [4.78, 5) is 17.8. The van der Waals surface area contributed by atoms with Gasteiger partial charge < -0.3 is 10.3 Å². The number of hydrogen-bond donors (Lipinski definition) is 2. The fourth-order valence-electron chi connectivity index (χ4n) is 0.922. The molecule has 1 aromatic rings. The second-order valence-corrected chi connectivity index (χ2v) is 4.37. The van der Waals surface area contributed by atoms with Crippen LogP contribution in [0.5, 0.6) is 0 Å². The van der Waals surface area contributed by atoms with Gasteiger partial charge in [-0.15, -0.1) is 0 Å². The van der Waals surface area contributed by atoms with Gasteiger partial charge >= 0.3 is 0 Å². The van der Waals surface area contributed by atoms with Crippen LogP contribution >= 0.6 is 22.6 Å². The molecule has 0 amide bonds. The Labute approximate surface area is 96.7 Å². The molecule has 0 aliphatic rings. The first kappa shape index (κ1) is 11.5. The number of halogens is 1. The highest BCUT2D eigenvalue weighted by atomic mass is 127. The minimum absolute atomic E-state index is 0.0905. The highest BCUT2D eigenvalue weighted by molar-refractivity contribution is 14.1. The molecule has 1 heterocycles. The average molecular weight is 307 g/mol. The third-order valence-corrected chi connectivity index (χ3v) is 3.11. The maximum Gasteiger partial charge on any atom is 0.266 e. The minimum Gasteiger partial charge on any atom is -0.369 e. The van der Waals surface area contributed by atoms with E-state index in [-0.39, 0.29) is 5.56 Å². The lowest BCUT2D eigenvalue weighted by Crippen LogP contribution is -2.17. The molecule has 0 aliphatic carbocycles. The summed E-state index contributed by atoms with van der Waals surface area (Å²) in [7, 11) is 0. The molecular formula is C9H14IN3O. The van der Waals surface area contributed by atoms with Crippen LogP contribution in [0.2, 0.25) is 0 Å². The molecule has 0 aliphatic heterocycles. The van der Waals surface area contributed by atoms with Crippen molar-refractivity contribution in [1.29, 1.82) is 0 Å². The van der Waals surface area contributed by atoms with Gasteiger partial charge in [0.2, 0.25) is 0 Å². The standard InChI is InChI=1S/C9H14IN3O/c1-3-6(2)4-11-8-7(10)9(14)13-5-12-8/h5-6H,3-4H2,1-2H3,(H2,11,12,13,14). The molecule has 0 radical (unpaired) electrons. The molecule has 0 fully saturated rings. The van der Waals surface area contributed by atoms with Crippen molar-refractivity contribution in [3.63, 3.8) is 0 Å². The van der Waals surface area contributed by atoms with E-state index in [9.17, 15) is 4.79 Å². The Balaban J connectivity index is 2.68. The van der Waals surface area contributed by atoms with Crippen LogP contribution in [0, 0.1) is 9.49 Å². The van der Waals surface area contributed by atoms with E-state index >= 15 is 0 Å². The highest BCUT2D eigenvalue weighted by Gasteiger charge is 2.05. The van der Waals surface area contributed by atoms with Crippen LogP contribution in [0.15, 0.2) is 11.1 Å². The van der Waals surface area contributed by atoms with Crippen LogP contribution in [-0.4, -0.2) is 16.5 Å². The predicted molar refractivity (Wildman–Crippen MR) is 65.5 cm³/mol. The Bertz CT molecular complexity index is 350. The Morgan fingerprint density at radius 2 is 2.43 bits per heavy atom. The van der Waals surface area contributed by atoms with Crippen molar-refractivity contribution < 1.29 is 0 Å². The normalized spacial score (nSPS) is 12.5. The van der Waals surface area contributed by atoms with Crippen molar-refractivity contribution in [2.45, 2.75) is 20.3 Å². The van der Waals surface area contributed by atoms with Crippen LogP contribution in [0.3, 0.4) is 0 Å². The lowest BCUT2D eigenvalue weighted by atomic mass is 10.1. The summed E-state index contributed by atoms with van der Waals surface area (Å²) in [5.41, 5.74) is -0.0905. The largest absolute Gasteiger partial charge is 0.369 e. The van der Waals surface area contributed by atoms with Crippen molar-refractivity contribution in [3.8, 4) is 0 Å². The van der Waals surface area contributed by atoms with E-state index in [1.54, 1.807) is 0 Å². The van der Waals surface area contributed by atoms with Crippen LogP contribution in [0.4, 0.5) is 5.82 Å². The van der Waals surface area contributed by atoms with Crippen LogP contribution < -0.4 is 10.9 Å². The highest BCUT2D eigenvalue weighted by Crippen LogP contribution is 2.10. The molecule has 0 bridgehead atoms. The number of hydrogen-bond acceptors (Lipinski definition) is 3. The van der Waals surface area contributed by atoms with E-state index in [1.165, 1.54) is 6.33 Å². The zero-order valence-electron chi connectivity index (χ0n) is 8.30. The second kappa shape index (κ2) is 5.33. The van der Waals surface area contributed by atoms with Gasteiger partial charge in [-0.1, -0.05) is 20.3 Å². The van der Waals surface area contributed by atoms with Crippen molar-refractivity contribution >= 4 is 28.4 Å². The monoisotopic (exact) mass is 307 g/mol. The molecule has 0 spiro atoms. The number of nitrogens with zero attached hydrogens (tertiary/aromatic N) is 1. The number of nitrogens with one attached hydrogen (secondary N) is 2. The van der Waals surface area contributed by atoms with E-state index < -0.39 is 0 Å². The molecule has 2 N–H and O–H groups in total. The number of anilines is 1. The van der Waals surface area contributed by atoms with Crippen LogP contribution in [-0.2, 0) is 0 Å². The van der Waals surface area contributed by atoms with Gasteiger partial charge in [-0.25, -0.2) is 4.98 Å². The summed E-state index contributed by atoms with van der Waals surface area (Å²) in [5, 5.41) is 3.17. The van der Waals surface area contributed by atoms with Gasteiger partial charge in [0.05, 0.1) is 6.33 Å². The maximum absolute atomic E-state index is 11.2. The number of H-pyrrole nitrogens is 1. The minimum atomic E-state index is -0.0905. The Hall–Kier alpha value is -0.590. The summed E-state index contributed by atoms with van der Waals surface area (Å²) in [5.74, 6) is 1.27. The van der Waals surface area contributed by atoms with Crippen molar-refractivity contribution in [3.05, 3.63) is 20.3 Å². The van der Waals surface area contributed by atoms with E-state index in [0.29, 0.717) is 15.3 Å². The van der Waals surface area contributed by atoms with Crippen molar-refractivity contribution in [1.82, 2.24) is 9.97 Å². The van der Waals surface area contributed by atoms with Gasteiger partial charge in [0.1, 0.15) is 9.39 Å². The molecule has 1 atom stereocenters. The quantitative estimate of drug-likeness (QED) is 0.835. The number of aromatic nitrogens is 2. The predicted octanol–water partition coefficient (Wildman–Crippen LogP) is 1.83. The summed E-state index contributed by atoms with van der Waals surface area (Å²) in [6.45, 7) is 5.15. The molecule has 1 rings (SSSR count). The fourth-order valence-corrected chi connectivity index (χ4v) is 1.41.